The number of ketones is 1. The summed E-state index contributed by atoms with van der Waals surface area (Å²) in [6.45, 7) is 4.34. The van der Waals surface area contributed by atoms with Gasteiger partial charge in [0.05, 0.1) is 18.6 Å². The van der Waals surface area contributed by atoms with Crippen LogP contribution in [0.15, 0.2) is 24.5 Å². The van der Waals surface area contributed by atoms with Gasteiger partial charge in [0.25, 0.3) is 0 Å². The van der Waals surface area contributed by atoms with Crippen LogP contribution in [-0.2, 0) is 19.4 Å². The van der Waals surface area contributed by atoms with E-state index in [0.717, 1.165) is 29.8 Å². The second-order valence-electron chi connectivity index (χ2n) is 5.30. The zero-order valence-corrected chi connectivity index (χ0v) is 11.4. The van der Waals surface area contributed by atoms with E-state index in [-0.39, 0.29) is 5.78 Å². The Labute approximate surface area is 113 Å². The molecule has 2 aromatic rings. The molecule has 0 saturated heterocycles. The van der Waals surface area contributed by atoms with Crippen molar-refractivity contribution in [1.29, 1.82) is 0 Å². The number of Topliss-reactive ketones (excluding diaryl/α,β-unsaturated/α-hetero) is 1. The Hall–Kier alpha value is -1.90. The molecule has 19 heavy (non-hydrogen) atoms. The lowest BCUT2D eigenvalue weighted by Crippen LogP contribution is -2.11. The van der Waals surface area contributed by atoms with E-state index in [9.17, 15) is 4.79 Å². The molecule has 0 unspecified atom stereocenters. The van der Waals surface area contributed by atoms with Crippen LogP contribution in [0.25, 0.3) is 0 Å². The molecular formula is C16H18N2O. The van der Waals surface area contributed by atoms with Gasteiger partial charge < -0.3 is 4.57 Å². The fourth-order valence-electron chi connectivity index (χ4n) is 2.69. The highest BCUT2D eigenvalue weighted by molar-refractivity contribution is 5.96. The third-order valence-electron chi connectivity index (χ3n) is 4.08. The first-order chi connectivity index (χ1) is 9.15. The Balaban J connectivity index is 1.83. The van der Waals surface area contributed by atoms with Crippen molar-refractivity contribution < 1.29 is 4.79 Å². The van der Waals surface area contributed by atoms with E-state index in [0.29, 0.717) is 6.54 Å². The van der Waals surface area contributed by atoms with E-state index < -0.39 is 0 Å². The van der Waals surface area contributed by atoms with Crippen LogP contribution in [0.4, 0.5) is 0 Å². The van der Waals surface area contributed by atoms with E-state index in [2.05, 4.69) is 17.1 Å². The number of aryl methyl sites for hydroxylation is 3. The number of benzene rings is 1. The summed E-state index contributed by atoms with van der Waals surface area (Å²) in [4.78, 5) is 16.6. The summed E-state index contributed by atoms with van der Waals surface area (Å²) >= 11 is 0. The summed E-state index contributed by atoms with van der Waals surface area (Å²) in [5.41, 5.74) is 5.64. The third kappa shape index (κ3) is 2.21. The molecule has 0 fully saturated rings. The van der Waals surface area contributed by atoms with Gasteiger partial charge in [-0.3, -0.25) is 4.79 Å². The van der Waals surface area contributed by atoms with Crippen molar-refractivity contribution in [3.05, 3.63) is 52.6 Å². The summed E-state index contributed by atoms with van der Waals surface area (Å²) in [5.74, 6) is 0.162. The lowest BCUT2D eigenvalue weighted by molar-refractivity contribution is 0.0971. The summed E-state index contributed by atoms with van der Waals surface area (Å²) in [7, 11) is 0. The number of aromatic nitrogens is 2. The van der Waals surface area contributed by atoms with Gasteiger partial charge in [0, 0.05) is 11.3 Å². The van der Waals surface area contributed by atoms with Crippen LogP contribution in [0.2, 0.25) is 0 Å². The SMILES string of the molecule is Cc1ncn(CC(=O)c2ccc3c(c2)CCC3)c1C. The average molecular weight is 254 g/mol. The first kappa shape index (κ1) is 12.2. The molecule has 3 nitrogen and oxygen atoms in total. The lowest BCUT2D eigenvalue weighted by atomic mass is 10.0. The van der Waals surface area contributed by atoms with Gasteiger partial charge in [0.2, 0.25) is 0 Å². The Kier molecular flexibility index (Phi) is 2.97. The molecule has 3 heteroatoms. The normalized spacial score (nSPS) is 13.6. The van der Waals surface area contributed by atoms with E-state index in [1.807, 2.05) is 24.5 Å². The second kappa shape index (κ2) is 4.65. The van der Waals surface area contributed by atoms with Crippen molar-refractivity contribution in [2.75, 3.05) is 0 Å². The molecule has 1 heterocycles. The van der Waals surface area contributed by atoms with Gasteiger partial charge >= 0.3 is 0 Å². The van der Waals surface area contributed by atoms with Crippen LogP contribution in [0.5, 0.6) is 0 Å². The molecule has 1 aliphatic rings. The molecule has 1 aliphatic carbocycles. The number of nitrogens with zero attached hydrogens (tertiary/aromatic N) is 2. The molecule has 0 saturated carbocycles. The number of carbonyl (C=O) groups is 1. The van der Waals surface area contributed by atoms with Crippen molar-refractivity contribution in [1.82, 2.24) is 9.55 Å². The van der Waals surface area contributed by atoms with Crippen LogP contribution in [-0.4, -0.2) is 15.3 Å². The Morgan fingerprint density at radius 2 is 2.05 bits per heavy atom. The lowest BCUT2D eigenvalue weighted by Gasteiger charge is -2.07. The maximum atomic E-state index is 12.3. The van der Waals surface area contributed by atoms with Gasteiger partial charge in [-0.1, -0.05) is 12.1 Å². The van der Waals surface area contributed by atoms with Crippen molar-refractivity contribution in [3.63, 3.8) is 0 Å². The molecule has 3 rings (SSSR count). The second-order valence-corrected chi connectivity index (χ2v) is 5.30. The van der Waals surface area contributed by atoms with Crippen molar-refractivity contribution in [3.8, 4) is 0 Å². The van der Waals surface area contributed by atoms with Gasteiger partial charge in [-0.05, 0) is 50.3 Å². The quantitative estimate of drug-likeness (QED) is 0.789. The molecule has 0 N–H and O–H groups in total. The zero-order chi connectivity index (χ0) is 13.4. The van der Waals surface area contributed by atoms with E-state index >= 15 is 0 Å². The number of fused-ring (bicyclic) bond motifs is 1. The minimum Gasteiger partial charge on any atom is -0.327 e. The van der Waals surface area contributed by atoms with Crippen molar-refractivity contribution >= 4 is 5.78 Å². The van der Waals surface area contributed by atoms with Crippen LogP contribution in [0, 0.1) is 13.8 Å². The number of imidazole rings is 1. The van der Waals surface area contributed by atoms with Gasteiger partial charge in [-0.25, -0.2) is 4.98 Å². The fourth-order valence-corrected chi connectivity index (χ4v) is 2.69. The highest BCUT2D eigenvalue weighted by atomic mass is 16.1. The van der Waals surface area contributed by atoms with Crippen LogP contribution >= 0.6 is 0 Å². The first-order valence-corrected chi connectivity index (χ1v) is 6.78. The highest BCUT2D eigenvalue weighted by Crippen LogP contribution is 2.23. The predicted octanol–water partition coefficient (Wildman–Crippen LogP) is 2.87. The first-order valence-electron chi connectivity index (χ1n) is 6.78. The van der Waals surface area contributed by atoms with Crippen LogP contribution in [0.3, 0.4) is 0 Å². The van der Waals surface area contributed by atoms with E-state index in [4.69, 9.17) is 0 Å². The maximum absolute atomic E-state index is 12.3. The summed E-state index contributed by atoms with van der Waals surface area (Å²) in [5, 5.41) is 0. The Morgan fingerprint density at radius 3 is 2.79 bits per heavy atom. The molecule has 0 spiro atoms. The van der Waals surface area contributed by atoms with E-state index in [1.165, 1.54) is 17.5 Å². The number of rotatable bonds is 3. The third-order valence-corrected chi connectivity index (χ3v) is 4.08. The largest absolute Gasteiger partial charge is 0.327 e. The molecule has 1 aromatic carbocycles. The molecule has 98 valence electrons. The average Bonchev–Trinajstić information content (AvgIpc) is 2.99. The van der Waals surface area contributed by atoms with Crippen molar-refractivity contribution in [2.45, 2.75) is 39.7 Å². The zero-order valence-electron chi connectivity index (χ0n) is 11.4. The molecule has 0 bridgehead atoms. The van der Waals surface area contributed by atoms with Crippen molar-refractivity contribution in [2.24, 2.45) is 0 Å². The monoisotopic (exact) mass is 254 g/mol. The summed E-state index contributed by atoms with van der Waals surface area (Å²) in [6.07, 6.45) is 5.23. The standard InChI is InChI=1S/C16H18N2O/c1-11-12(2)18(10-17-11)9-16(19)15-7-6-13-4-3-5-14(13)8-15/h6-8,10H,3-5,9H2,1-2H3. The van der Waals surface area contributed by atoms with Gasteiger partial charge in [-0.2, -0.15) is 0 Å². The molecule has 0 aliphatic heterocycles. The van der Waals surface area contributed by atoms with Crippen LogP contribution in [0.1, 0.15) is 39.3 Å². The van der Waals surface area contributed by atoms with Gasteiger partial charge in [-0.15, -0.1) is 0 Å². The topological polar surface area (TPSA) is 34.9 Å². The molecule has 0 amide bonds. The van der Waals surface area contributed by atoms with Crippen LogP contribution < -0.4 is 0 Å². The van der Waals surface area contributed by atoms with E-state index in [1.54, 1.807) is 6.33 Å². The Bertz CT molecular complexity index is 640. The molecule has 0 radical (unpaired) electrons. The number of hydrogen-bond acceptors (Lipinski definition) is 2. The summed E-state index contributed by atoms with van der Waals surface area (Å²) in [6, 6.07) is 6.15. The fraction of sp³-hybridized carbons (Fsp3) is 0.375. The highest BCUT2D eigenvalue weighted by Gasteiger charge is 2.15. The molecule has 1 aromatic heterocycles. The number of hydrogen-bond donors (Lipinski definition) is 0. The minimum atomic E-state index is 0.162. The smallest absolute Gasteiger partial charge is 0.182 e. The Morgan fingerprint density at radius 1 is 1.26 bits per heavy atom. The predicted molar refractivity (Wildman–Crippen MR) is 74.5 cm³/mol. The van der Waals surface area contributed by atoms with Gasteiger partial charge in [0.15, 0.2) is 5.78 Å². The minimum absolute atomic E-state index is 0.162. The maximum Gasteiger partial charge on any atom is 0.182 e. The summed E-state index contributed by atoms with van der Waals surface area (Å²) < 4.78 is 1.92. The molecular weight excluding hydrogens is 236 g/mol. The number of carbonyl (C=O) groups excluding carboxylic acids is 1. The molecule has 0 atom stereocenters. The van der Waals surface area contributed by atoms with Gasteiger partial charge in [0.1, 0.15) is 0 Å².